The molecule has 1 rings (SSSR count). The van der Waals surface area contributed by atoms with Gasteiger partial charge in [-0.15, -0.1) is 0 Å². The first kappa shape index (κ1) is 18.5. The van der Waals surface area contributed by atoms with Crippen molar-refractivity contribution in [1.29, 1.82) is 0 Å². The molecule has 1 aromatic carbocycles. The van der Waals surface area contributed by atoms with E-state index in [1.54, 1.807) is 0 Å². The summed E-state index contributed by atoms with van der Waals surface area (Å²) >= 11 is 0. The number of unbranched alkanes of at least 4 members (excludes halogenated alkanes) is 3. The molecular weight excluding hydrogens is 272 g/mol. The van der Waals surface area contributed by atoms with Gasteiger partial charge in [-0.3, -0.25) is 4.79 Å². The van der Waals surface area contributed by atoms with E-state index in [1.807, 2.05) is 6.07 Å². The molecule has 0 radical (unpaired) electrons. The van der Waals surface area contributed by atoms with Gasteiger partial charge in [-0.2, -0.15) is 0 Å². The van der Waals surface area contributed by atoms with Gasteiger partial charge in [-0.05, 0) is 50.5 Å². The molecule has 0 bridgehead atoms. The number of hydrogen-bond acceptors (Lipinski definition) is 1. The number of rotatable bonds is 12. The van der Waals surface area contributed by atoms with E-state index in [0.29, 0.717) is 0 Å². The molecule has 0 heterocycles. The summed E-state index contributed by atoms with van der Waals surface area (Å²) in [5.74, 6) is -0.772. The number of allylic oxidation sites excluding steroid dienone is 2. The Kier molecular flexibility index (Phi) is 10.1. The van der Waals surface area contributed by atoms with Crippen molar-refractivity contribution in [3.8, 4) is 0 Å². The van der Waals surface area contributed by atoms with Crippen LogP contribution in [0.4, 0.5) is 0 Å². The molecule has 0 spiro atoms. The fourth-order valence-corrected chi connectivity index (χ4v) is 2.63. The lowest BCUT2D eigenvalue weighted by Gasteiger charge is -2.10. The Morgan fingerprint density at radius 1 is 1.05 bits per heavy atom. The summed E-state index contributed by atoms with van der Waals surface area (Å²) in [7, 11) is 0. The zero-order valence-electron chi connectivity index (χ0n) is 13.8. The van der Waals surface area contributed by atoms with E-state index < -0.39 is 5.97 Å². The van der Waals surface area contributed by atoms with Crippen LogP contribution in [0.3, 0.4) is 0 Å². The Balaban J connectivity index is 2.06. The number of hydrogen-bond donors (Lipinski definition) is 1. The van der Waals surface area contributed by atoms with Crippen LogP contribution in [0.25, 0.3) is 0 Å². The van der Waals surface area contributed by atoms with Crippen LogP contribution in [-0.4, -0.2) is 11.1 Å². The van der Waals surface area contributed by atoms with Gasteiger partial charge in [0.1, 0.15) is 0 Å². The molecule has 0 amide bonds. The molecule has 0 aliphatic heterocycles. The van der Waals surface area contributed by atoms with E-state index >= 15 is 0 Å². The molecule has 1 unspecified atom stereocenters. The van der Waals surface area contributed by atoms with Crippen molar-refractivity contribution in [2.24, 2.45) is 5.92 Å². The van der Waals surface area contributed by atoms with Gasteiger partial charge >= 0.3 is 5.97 Å². The Labute approximate surface area is 135 Å². The topological polar surface area (TPSA) is 37.3 Å². The van der Waals surface area contributed by atoms with Crippen LogP contribution in [0, 0.1) is 5.92 Å². The predicted molar refractivity (Wildman–Crippen MR) is 93.0 cm³/mol. The SMILES string of the molecule is CCCCC(CCCC=CCCCc1ccccc1)C(=O)O. The van der Waals surface area contributed by atoms with Gasteiger partial charge in [0.05, 0.1) is 5.92 Å². The molecule has 1 atom stereocenters. The molecule has 0 aliphatic rings. The van der Waals surface area contributed by atoms with E-state index in [9.17, 15) is 4.79 Å². The van der Waals surface area contributed by atoms with E-state index in [0.717, 1.165) is 51.4 Å². The van der Waals surface area contributed by atoms with Crippen molar-refractivity contribution in [2.45, 2.75) is 64.7 Å². The molecule has 0 aromatic heterocycles. The van der Waals surface area contributed by atoms with E-state index in [-0.39, 0.29) is 5.92 Å². The van der Waals surface area contributed by atoms with Crippen LogP contribution in [0.2, 0.25) is 0 Å². The molecule has 0 saturated carbocycles. The Morgan fingerprint density at radius 3 is 2.32 bits per heavy atom. The molecule has 0 fully saturated rings. The van der Waals surface area contributed by atoms with Gasteiger partial charge in [-0.25, -0.2) is 0 Å². The van der Waals surface area contributed by atoms with Crippen LogP contribution in [0.5, 0.6) is 0 Å². The fourth-order valence-electron chi connectivity index (χ4n) is 2.63. The minimum absolute atomic E-state index is 0.147. The minimum atomic E-state index is -0.625. The van der Waals surface area contributed by atoms with Gasteiger partial charge in [0.2, 0.25) is 0 Å². The Bertz CT molecular complexity index is 423. The van der Waals surface area contributed by atoms with E-state index in [1.165, 1.54) is 12.0 Å². The Morgan fingerprint density at radius 2 is 1.68 bits per heavy atom. The van der Waals surface area contributed by atoms with Crippen LogP contribution in [-0.2, 0) is 11.2 Å². The maximum atomic E-state index is 11.1. The summed E-state index contributed by atoms with van der Waals surface area (Å²) in [5, 5.41) is 9.16. The molecule has 0 saturated heterocycles. The lowest BCUT2D eigenvalue weighted by atomic mass is 9.96. The van der Waals surface area contributed by atoms with Crippen molar-refractivity contribution < 1.29 is 9.90 Å². The standard InChI is InChI=1S/C20H30O2/c1-2-3-16-19(20(21)22)17-12-7-5-4-6-9-13-18-14-10-8-11-15-18/h4-5,8,10-11,14-15,19H,2-3,6-7,9,12-13,16-17H2,1H3,(H,21,22). The summed E-state index contributed by atoms with van der Waals surface area (Å²) in [6.45, 7) is 2.11. The van der Waals surface area contributed by atoms with Crippen molar-refractivity contribution >= 4 is 5.97 Å². The van der Waals surface area contributed by atoms with Gasteiger partial charge in [-0.1, -0.05) is 62.2 Å². The van der Waals surface area contributed by atoms with Gasteiger partial charge < -0.3 is 5.11 Å². The number of benzene rings is 1. The lowest BCUT2D eigenvalue weighted by Crippen LogP contribution is -2.13. The average Bonchev–Trinajstić information content (AvgIpc) is 2.53. The molecule has 2 nitrogen and oxygen atoms in total. The average molecular weight is 302 g/mol. The van der Waals surface area contributed by atoms with Crippen LogP contribution in [0.1, 0.15) is 63.9 Å². The van der Waals surface area contributed by atoms with Gasteiger partial charge in [0, 0.05) is 0 Å². The molecule has 1 aromatic rings. The predicted octanol–water partition coefficient (Wildman–Crippen LogP) is 5.63. The number of aliphatic carboxylic acids is 1. The number of carbonyl (C=O) groups is 1. The summed E-state index contributed by atoms with van der Waals surface area (Å²) < 4.78 is 0. The zero-order valence-corrected chi connectivity index (χ0v) is 13.8. The summed E-state index contributed by atoms with van der Waals surface area (Å²) in [4.78, 5) is 11.1. The second-order valence-electron chi connectivity index (χ2n) is 5.96. The van der Waals surface area contributed by atoms with Crippen LogP contribution < -0.4 is 0 Å². The second kappa shape index (κ2) is 12.0. The van der Waals surface area contributed by atoms with E-state index in [2.05, 4.69) is 43.3 Å². The van der Waals surface area contributed by atoms with Crippen molar-refractivity contribution in [1.82, 2.24) is 0 Å². The first-order valence-corrected chi connectivity index (χ1v) is 8.65. The largest absolute Gasteiger partial charge is 0.481 e. The highest BCUT2D eigenvalue weighted by molar-refractivity contribution is 5.69. The number of aryl methyl sites for hydroxylation is 1. The number of carboxylic acid groups (broad SMARTS) is 1. The Hall–Kier alpha value is -1.57. The van der Waals surface area contributed by atoms with Crippen LogP contribution in [0.15, 0.2) is 42.5 Å². The van der Waals surface area contributed by atoms with Gasteiger partial charge in [0.25, 0.3) is 0 Å². The van der Waals surface area contributed by atoms with Crippen molar-refractivity contribution in [3.63, 3.8) is 0 Å². The quantitative estimate of drug-likeness (QED) is 0.401. The summed E-state index contributed by atoms with van der Waals surface area (Å²) in [6, 6.07) is 10.6. The highest BCUT2D eigenvalue weighted by Gasteiger charge is 2.15. The highest BCUT2D eigenvalue weighted by atomic mass is 16.4. The van der Waals surface area contributed by atoms with Gasteiger partial charge in [0.15, 0.2) is 0 Å². The first-order valence-electron chi connectivity index (χ1n) is 8.65. The second-order valence-corrected chi connectivity index (χ2v) is 5.96. The van der Waals surface area contributed by atoms with E-state index in [4.69, 9.17) is 5.11 Å². The number of carboxylic acids is 1. The van der Waals surface area contributed by atoms with Crippen molar-refractivity contribution in [3.05, 3.63) is 48.0 Å². The molecule has 122 valence electrons. The fraction of sp³-hybridized carbons (Fsp3) is 0.550. The third-order valence-electron chi connectivity index (χ3n) is 4.02. The van der Waals surface area contributed by atoms with Crippen molar-refractivity contribution in [2.75, 3.05) is 0 Å². The minimum Gasteiger partial charge on any atom is -0.481 e. The zero-order chi connectivity index (χ0) is 16.0. The summed E-state index contributed by atoms with van der Waals surface area (Å²) in [6.07, 6.45) is 13.6. The maximum absolute atomic E-state index is 11.1. The lowest BCUT2D eigenvalue weighted by molar-refractivity contribution is -0.142. The normalized spacial score (nSPS) is 12.6. The highest BCUT2D eigenvalue weighted by Crippen LogP contribution is 2.16. The maximum Gasteiger partial charge on any atom is 0.306 e. The smallest absolute Gasteiger partial charge is 0.306 e. The first-order chi connectivity index (χ1) is 10.7. The third kappa shape index (κ3) is 8.66. The molecule has 1 N–H and O–H groups in total. The molecule has 2 heteroatoms. The molecular formula is C20H30O2. The summed E-state index contributed by atoms with van der Waals surface area (Å²) in [5.41, 5.74) is 1.40. The molecule has 0 aliphatic carbocycles. The monoisotopic (exact) mass is 302 g/mol. The van der Waals surface area contributed by atoms with Crippen LogP contribution >= 0.6 is 0 Å². The third-order valence-corrected chi connectivity index (χ3v) is 4.02. The molecule has 22 heavy (non-hydrogen) atoms.